The van der Waals surface area contributed by atoms with Gasteiger partial charge in [0, 0.05) is 16.1 Å². The Labute approximate surface area is 193 Å². The Bertz CT molecular complexity index is 1210. The lowest BCUT2D eigenvalue weighted by Gasteiger charge is -2.22. The maximum Gasteiger partial charge on any atom is 0.252 e. The third kappa shape index (κ3) is 5.19. The maximum absolute atomic E-state index is 13.2. The second kappa shape index (κ2) is 10.2. The first kappa shape index (κ1) is 21.7. The highest BCUT2D eigenvalue weighted by molar-refractivity contribution is 6.31. The summed E-state index contributed by atoms with van der Waals surface area (Å²) in [5.74, 6) is 0.454. The molecule has 0 aliphatic rings. The summed E-state index contributed by atoms with van der Waals surface area (Å²) in [6.07, 6.45) is 0. The van der Waals surface area contributed by atoms with E-state index in [1.165, 1.54) is 0 Å². The fraction of sp³-hybridized carbons (Fsp3) is 0.107. The molecule has 0 bridgehead atoms. The molecule has 0 radical (unpaired) electrons. The van der Waals surface area contributed by atoms with E-state index in [0.717, 1.165) is 22.3 Å². The van der Waals surface area contributed by atoms with E-state index in [1.807, 2.05) is 78.9 Å². The number of ether oxygens (including phenoxy) is 1. The molecule has 0 aliphatic carbocycles. The lowest BCUT2D eigenvalue weighted by molar-refractivity contribution is 0.0942. The molecule has 0 saturated carbocycles. The van der Waals surface area contributed by atoms with Crippen molar-refractivity contribution in [2.24, 2.45) is 0 Å². The van der Waals surface area contributed by atoms with Crippen LogP contribution < -0.4 is 10.1 Å². The van der Waals surface area contributed by atoms with E-state index in [9.17, 15) is 4.79 Å². The van der Waals surface area contributed by atoms with Crippen molar-refractivity contribution in [3.8, 4) is 5.75 Å². The molecule has 0 heterocycles. The van der Waals surface area contributed by atoms with Crippen molar-refractivity contribution in [1.82, 2.24) is 5.32 Å². The van der Waals surface area contributed by atoms with E-state index in [2.05, 4.69) is 24.4 Å². The SMILES string of the molecule is Cc1ccccc1[C@@H](NC(=O)c1cccc(OCc2ccccc2Cl)c1)c1ccccc1. The summed E-state index contributed by atoms with van der Waals surface area (Å²) in [6.45, 7) is 2.39. The average molecular weight is 442 g/mol. The summed E-state index contributed by atoms with van der Waals surface area (Å²) in [4.78, 5) is 13.2. The first-order chi connectivity index (χ1) is 15.6. The van der Waals surface area contributed by atoms with Gasteiger partial charge in [-0.2, -0.15) is 0 Å². The third-order valence-corrected chi connectivity index (χ3v) is 5.72. The van der Waals surface area contributed by atoms with Crippen LogP contribution >= 0.6 is 11.6 Å². The highest BCUT2D eigenvalue weighted by Gasteiger charge is 2.19. The lowest BCUT2D eigenvalue weighted by atomic mass is 9.94. The van der Waals surface area contributed by atoms with Crippen LogP contribution in [-0.4, -0.2) is 5.91 Å². The van der Waals surface area contributed by atoms with Crippen molar-refractivity contribution in [1.29, 1.82) is 0 Å². The molecule has 32 heavy (non-hydrogen) atoms. The second-order valence-corrected chi connectivity index (χ2v) is 7.99. The average Bonchev–Trinajstić information content (AvgIpc) is 2.83. The van der Waals surface area contributed by atoms with Crippen LogP contribution in [0.3, 0.4) is 0 Å². The number of carbonyl (C=O) groups is 1. The van der Waals surface area contributed by atoms with Crippen molar-refractivity contribution in [3.63, 3.8) is 0 Å². The standard InChI is InChI=1S/C28H24ClNO2/c1-20-10-5-7-16-25(20)27(21-11-3-2-4-12-21)30-28(31)22-14-9-15-24(18-22)32-19-23-13-6-8-17-26(23)29/h2-18,27H,19H2,1H3,(H,30,31)/t27-/m0/s1. The number of amides is 1. The number of hydrogen-bond donors (Lipinski definition) is 1. The van der Waals surface area contributed by atoms with Gasteiger partial charge >= 0.3 is 0 Å². The molecule has 0 unspecified atom stereocenters. The van der Waals surface area contributed by atoms with Crippen molar-refractivity contribution < 1.29 is 9.53 Å². The largest absolute Gasteiger partial charge is 0.489 e. The molecule has 0 aromatic heterocycles. The molecule has 0 aliphatic heterocycles. The molecule has 0 spiro atoms. The van der Waals surface area contributed by atoms with E-state index >= 15 is 0 Å². The van der Waals surface area contributed by atoms with Gasteiger partial charge in [-0.25, -0.2) is 0 Å². The van der Waals surface area contributed by atoms with E-state index in [-0.39, 0.29) is 11.9 Å². The third-order valence-electron chi connectivity index (χ3n) is 5.36. The molecule has 4 rings (SSSR count). The van der Waals surface area contributed by atoms with E-state index in [0.29, 0.717) is 22.9 Å². The summed E-state index contributed by atoms with van der Waals surface area (Å²) < 4.78 is 5.89. The van der Waals surface area contributed by atoms with Gasteiger partial charge in [0.05, 0.1) is 6.04 Å². The van der Waals surface area contributed by atoms with Crippen molar-refractivity contribution in [2.75, 3.05) is 0 Å². The predicted octanol–water partition coefficient (Wildman–Crippen LogP) is 6.75. The molecule has 4 aromatic carbocycles. The minimum absolute atomic E-state index is 0.162. The van der Waals surface area contributed by atoms with Gasteiger partial charge in [-0.15, -0.1) is 0 Å². The minimum Gasteiger partial charge on any atom is -0.489 e. The number of hydrogen-bond acceptors (Lipinski definition) is 2. The highest BCUT2D eigenvalue weighted by Crippen LogP contribution is 2.26. The summed E-state index contributed by atoms with van der Waals surface area (Å²) in [6, 6.07) is 32.6. The normalized spacial score (nSPS) is 11.6. The molecule has 4 heteroatoms. The number of rotatable bonds is 7. The smallest absolute Gasteiger partial charge is 0.252 e. The van der Waals surface area contributed by atoms with Crippen LogP contribution in [0, 0.1) is 6.92 Å². The van der Waals surface area contributed by atoms with E-state index < -0.39 is 0 Å². The van der Waals surface area contributed by atoms with E-state index in [4.69, 9.17) is 16.3 Å². The van der Waals surface area contributed by atoms with Gasteiger partial charge < -0.3 is 10.1 Å². The van der Waals surface area contributed by atoms with Crippen LogP contribution in [0.2, 0.25) is 5.02 Å². The quantitative estimate of drug-likeness (QED) is 0.344. The van der Waals surface area contributed by atoms with Gasteiger partial charge in [0.15, 0.2) is 0 Å². The van der Waals surface area contributed by atoms with Crippen LogP contribution in [0.5, 0.6) is 5.75 Å². The van der Waals surface area contributed by atoms with Crippen LogP contribution in [0.4, 0.5) is 0 Å². The second-order valence-electron chi connectivity index (χ2n) is 7.58. The minimum atomic E-state index is -0.252. The lowest BCUT2D eigenvalue weighted by Crippen LogP contribution is -2.29. The van der Waals surface area contributed by atoms with Gasteiger partial charge in [-0.1, -0.05) is 90.5 Å². The van der Waals surface area contributed by atoms with Crippen LogP contribution in [0.25, 0.3) is 0 Å². The molecule has 0 fully saturated rings. The van der Waals surface area contributed by atoms with Gasteiger partial charge in [0.2, 0.25) is 0 Å². The number of halogens is 1. The van der Waals surface area contributed by atoms with Crippen molar-refractivity contribution in [2.45, 2.75) is 19.6 Å². The van der Waals surface area contributed by atoms with Crippen LogP contribution in [0.15, 0.2) is 103 Å². The molecular weight excluding hydrogens is 418 g/mol. The molecule has 1 amide bonds. The van der Waals surface area contributed by atoms with Crippen LogP contribution in [0.1, 0.15) is 38.7 Å². The van der Waals surface area contributed by atoms with Gasteiger partial charge in [0.1, 0.15) is 12.4 Å². The predicted molar refractivity (Wildman–Crippen MR) is 129 cm³/mol. The summed E-state index contributed by atoms with van der Waals surface area (Å²) >= 11 is 6.21. The van der Waals surface area contributed by atoms with Gasteiger partial charge in [-0.05, 0) is 47.9 Å². The van der Waals surface area contributed by atoms with Gasteiger partial charge in [0.25, 0.3) is 5.91 Å². The Morgan fingerprint density at radius 3 is 2.38 bits per heavy atom. The molecule has 160 valence electrons. The van der Waals surface area contributed by atoms with Crippen molar-refractivity contribution in [3.05, 3.63) is 136 Å². The Morgan fingerprint density at radius 2 is 1.59 bits per heavy atom. The maximum atomic E-state index is 13.2. The summed E-state index contributed by atoms with van der Waals surface area (Å²) in [5, 5.41) is 3.86. The van der Waals surface area contributed by atoms with Crippen molar-refractivity contribution >= 4 is 17.5 Å². The Hall–Kier alpha value is -3.56. The van der Waals surface area contributed by atoms with Gasteiger partial charge in [-0.3, -0.25) is 4.79 Å². The van der Waals surface area contributed by atoms with Crippen LogP contribution in [-0.2, 0) is 6.61 Å². The van der Waals surface area contributed by atoms with E-state index in [1.54, 1.807) is 12.1 Å². The monoisotopic (exact) mass is 441 g/mol. The zero-order chi connectivity index (χ0) is 22.3. The molecular formula is C28H24ClNO2. The molecule has 3 nitrogen and oxygen atoms in total. The summed E-state index contributed by atoms with van der Waals surface area (Å²) in [7, 11) is 0. The number of aryl methyl sites for hydroxylation is 1. The first-order valence-corrected chi connectivity index (χ1v) is 10.9. The zero-order valence-electron chi connectivity index (χ0n) is 17.8. The topological polar surface area (TPSA) is 38.3 Å². The first-order valence-electron chi connectivity index (χ1n) is 10.5. The molecule has 4 aromatic rings. The number of carbonyl (C=O) groups excluding carboxylic acids is 1. The molecule has 1 atom stereocenters. The number of benzene rings is 4. The highest BCUT2D eigenvalue weighted by atomic mass is 35.5. The fourth-order valence-electron chi connectivity index (χ4n) is 3.61. The summed E-state index contributed by atoms with van der Waals surface area (Å²) in [5.41, 5.74) is 4.65. The Morgan fingerprint density at radius 1 is 0.875 bits per heavy atom. The zero-order valence-corrected chi connectivity index (χ0v) is 18.5. The molecule has 1 N–H and O–H groups in total. The Kier molecular flexibility index (Phi) is 6.88. The number of nitrogens with one attached hydrogen (secondary N) is 1. The fourth-order valence-corrected chi connectivity index (χ4v) is 3.81. The molecule has 0 saturated heterocycles. The Balaban J connectivity index is 1.54.